The second-order valence-corrected chi connectivity index (χ2v) is 5.70. The molecule has 0 aliphatic heterocycles. The minimum Gasteiger partial charge on any atom is -0.460 e. The average Bonchev–Trinajstić information content (AvgIpc) is 2.94. The van der Waals surface area contributed by atoms with Crippen LogP contribution in [0.1, 0.15) is 28.2 Å². The first kappa shape index (κ1) is 14.0. The van der Waals surface area contributed by atoms with Gasteiger partial charge in [0, 0.05) is 11.4 Å². The summed E-state index contributed by atoms with van der Waals surface area (Å²) in [4.78, 5) is 12.9. The molecule has 0 aromatic carbocycles. The molecule has 2 heterocycles. The van der Waals surface area contributed by atoms with Gasteiger partial charge in [-0.2, -0.15) is 0 Å². The van der Waals surface area contributed by atoms with E-state index in [4.69, 9.17) is 16.3 Å². The Labute approximate surface area is 120 Å². The van der Waals surface area contributed by atoms with Crippen molar-refractivity contribution < 1.29 is 9.53 Å². The molecule has 0 N–H and O–H groups in total. The molecule has 0 spiro atoms. The molecule has 0 fully saturated rings. The molecule has 0 atom stereocenters. The van der Waals surface area contributed by atoms with Crippen LogP contribution in [0.2, 0.25) is 4.34 Å². The Hall–Kier alpha value is -1.40. The normalized spacial score (nSPS) is 10.7. The number of aromatic nitrogens is 3. The van der Waals surface area contributed by atoms with Gasteiger partial charge in [0.15, 0.2) is 0 Å². The maximum Gasteiger partial charge on any atom is 0.376 e. The summed E-state index contributed by atoms with van der Waals surface area (Å²) >= 11 is 7.42. The quantitative estimate of drug-likeness (QED) is 0.797. The lowest BCUT2D eigenvalue weighted by Crippen LogP contribution is -2.15. The summed E-state index contributed by atoms with van der Waals surface area (Å²) < 4.78 is 7.49. The van der Waals surface area contributed by atoms with Crippen LogP contribution in [0.3, 0.4) is 0 Å². The van der Waals surface area contributed by atoms with Crippen LogP contribution < -0.4 is 0 Å². The molecule has 5 nitrogen and oxygen atoms in total. The number of hydrogen-bond acceptors (Lipinski definition) is 5. The molecule has 0 amide bonds. The Morgan fingerprint density at radius 1 is 1.47 bits per heavy atom. The molecule has 2 aromatic heterocycles. The van der Waals surface area contributed by atoms with Crippen molar-refractivity contribution in [2.24, 2.45) is 0 Å². The smallest absolute Gasteiger partial charge is 0.376 e. The van der Waals surface area contributed by atoms with Crippen molar-refractivity contribution in [3.8, 4) is 0 Å². The minimum atomic E-state index is -0.438. The number of carbonyl (C=O) groups is 1. The van der Waals surface area contributed by atoms with E-state index in [2.05, 4.69) is 10.2 Å². The summed E-state index contributed by atoms with van der Waals surface area (Å²) in [7, 11) is 0. The Bertz CT molecular complexity index is 579. The zero-order valence-electron chi connectivity index (χ0n) is 10.7. The molecular weight excluding hydrogens is 286 g/mol. The van der Waals surface area contributed by atoms with Gasteiger partial charge in [-0.3, -0.25) is 0 Å². The van der Waals surface area contributed by atoms with Crippen LogP contribution in [0.25, 0.3) is 0 Å². The topological polar surface area (TPSA) is 57.0 Å². The molecule has 0 saturated carbocycles. The highest BCUT2D eigenvalue weighted by Crippen LogP contribution is 2.22. The van der Waals surface area contributed by atoms with Gasteiger partial charge in [0.25, 0.3) is 0 Å². The Morgan fingerprint density at radius 2 is 2.26 bits per heavy atom. The van der Waals surface area contributed by atoms with Gasteiger partial charge >= 0.3 is 5.97 Å². The minimum absolute atomic E-state index is 0.252. The fraction of sp³-hybridized carbons (Fsp3) is 0.417. The van der Waals surface area contributed by atoms with Gasteiger partial charge in [-0.1, -0.05) is 11.6 Å². The maximum absolute atomic E-state index is 11.7. The average molecular weight is 300 g/mol. The van der Waals surface area contributed by atoms with E-state index in [-0.39, 0.29) is 5.82 Å². The van der Waals surface area contributed by atoms with Gasteiger partial charge in [-0.15, -0.1) is 21.5 Å². The fourth-order valence-electron chi connectivity index (χ4n) is 1.70. The van der Waals surface area contributed by atoms with Crippen molar-refractivity contribution in [1.82, 2.24) is 14.8 Å². The Morgan fingerprint density at radius 3 is 2.89 bits per heavy atom. The maximum atomic E-state index is 11.7. The zero-order chi connectivity index (χ0) is 13.8. The lowest BCUT2D eigenvalue weighted by Gasteiger charge is -2.06. The summed E-state index contributed by atoms with van der Waals surface area (Å²) in [5, 5.41) is 7.79. The molecule has 7 heteroatoms. The number of rotatable bonds is 5. The van der Waals surface area contributed by atoms with Gasteiger partial charge in [0.05, 0.1) is 10.9 Å². The van der Waals surface area contributed by atoms with Crippen molar-refractivity contribution in [2.45, 2.75) is 26.8 Å². The summed E-state index contributed by atoms with van der Waals surface area (Å²) in [6.07, 6.45) is 0.780. The highest BCUT2D eigenvalue weighted by Gasteiger charge is 2.17. The summed E-state index contributed by atoms with van der Waals surface area (Å²) in [5.74, 6) is 0.514. The first-order chi connectivity index (χ1) is 9.11. The van der Waals surface area contributed by atoms with Gasteiger partial charge in [-0.25, -0.2) is 4.79 Å². The van der Waals surface area contributed by atoms with Crippen molar-refractivity contribution in [2.75, 3.05) is 6.61 Å². The van der Waals surface area contributed by atoms with Crippen LogP contribution in [-0.2, 0) is 17.7 Å². The number of esters is 1. The van der Waals surface area contributed by atoms with E-state index in [1.165, 1.54) is 11.3 Å². The number of thiophene rings is 1. The standard InChI is InChI=1S/C12H14ClN3O2S/c1-3-18-12(17)11-15-14-8(2)16(11)7-6-9-4-5-10(13)19-9/h4-5H,3,6-7H2,1-2H3. The molecular formula is C12H14ClN3O2S. The van der Waals surface area contributed by atoms with E-state index in [0.717, 1.165) is 15.6 Å². The number of nitrogens with zero attached hydrogens (tertiary/aromatic N) is 3. The Balaban J connectivity index is 2.11. The van der Waals surface area contributed by atoms with Crippen LogP contribution in [-0.4, -0.2) is 27.3 Å². The molecule has 19 heavy (non-hydrogen) atoms. The number of halogens is 1. The van der Waals surface area contributed by atoms with Gasteiger partial charge < -0.3 is 9.30 Å². The highest BCUT2D eigenvalue weighted by atomic mass is 35.5. The predicted molar refractivity (Wildman–Crippen MR) is 73.7 cm³/mol. The lowest BCUT2D eigenvalue weighted by molar-refractivity contribution is 0.0505. The number of carbonyl (C=O) groups excluding carboxylic acids is 1. The van der Waals surface area contributed by atoms with Gasteiger partial charge in [0.2, 0.25) is 5.82 Å². The van der Waals surface area contributed by atoms with Crippen LogP contribution in [0.5, 0.6) is 0 Å². The van der Waals surface area contributed by atoms with Gasteiger partial charge in [0.1, 0.15) is 5.82 Å². The SMILES string of the molecule is CCOC(=O)c1nnc(C)n1CCc1ccc(Cl)s1. The van der Waals surface area contributed by atoms with Crippen LogP contribution in [0.4, 0.5) is 0 Å². The molecule has 102 valence electrons. The first-order valence-corrected chi connectivity index (χ1v) is 7.12. The molecule has 0 unspecified atom stereocenters. The number of ether oxygens (including phenoxy) is 1. The van der Waals surface area contributed by atoms with Crippen LogP contribution in [0.15, 0.2) is 12.1 Å². The Kier molecular flexibility index (Phi) is 4.55. The fourth-order valence-corrected chi connectivity index (χ4v) is 2.78. The van der Waals surface area contributed by atoms with Crippen molar-refractivity contribution in [1.29, 1.82) is 0 Å². The largest absolute Gasteiger partial charge is 0.460 e. The highest BCUT2D eigenvalue weighted by molar-refractivity contribution is 7.16. The third-order valence-electron chi connectivity index (χ3n) is 2.60. The third kappa shape index (κ3) is 3.33. The summed E-state index contributed by atoms with van der Waals surface area (Å²) in [5.41, 5.74) is 0. The van der Waals surface area contributed by atoms with E-state index in [9.17, 15) is 4.79 Å². The molecule has 2 rings (SSSR count). The summed E-state index contributed by atoms with van der Waals surface area (Å²) in [6, 6.07) is 3.85. The molecule has 0 saturated heterocycles. The second kappa shape index (κ2) is 6.16. The predicted octanol–water partition coefficient (Wildman–Crippen LogP) is 2.72. The molecule has 0 radical (unpaired) electrons. The van der Waals surface area contributed by atoms with E-state index < -0.39 is 5.97 Å². The van der Waals surface area contributed by atoms with Crippen LogP contribution >= 0.6 is 22.9 Å². The van der Waals surface area contributed by atoms with Crippen molar-refractivity contribution >= 4 is 28.9 Å². The second-order valence-electron chi connectivity index (χ2n) is 3.90. The molecule has 0 aliphatic rings. The third-order valence-corrected chi connectivity index (χ3v) is 3.90. The molecule has 2 aromatic rings. The number of hydrogen-bond donors (Lipinski definition) is 0. The molecule has 0 aliphatic carbocycles. The summed E-state index contributed by atoms with van der Waals surface area (Å²) in [6.45, 7) is 4.53. The van der Waals surface area contributed by atoms with E-state index in [1.807, 2.05) is 19.1 Å². The first-order valence-electron chi connectivity index (χ1n) is 5.93. The van der Waals surface area contributed by atoms with Crippen molar-refractivity contribution in [3.05, 3.63) is 33.0 Å². The van der Waals surface area contributed by atoms with E-state index in [1.54, 1.807) is 11.5 Å². The number of aryl methyl sites for hydroxylation is 2. The molecule has 0 bridgehead atoms. The van der Waals surface area contributed by atoms with Crippen LogP contribution in [0, 0.1) is 6.92 Å². The monoisotopic (exact) mass is 299 g/mol. The van der Waals surface area contributed by atoms with Crippen molar-refractivity contribution in [3.63, 3.8) is 0 Å². The zero-order valence-corrected chi connectivity index (χ0v) is 12.3. The van der Waals surface area contributed by atoms with Gasteiger partial charge in [-0.05, 0) is 32.4 Å². The lowest BCUT2D eigenvalue weighted by atomic mass is 10.3. The van der Waals surface area contributed by atoms with E-state index >= 15 is 0 Å². The van der Waals surface area contributed by atoms with E-state index in [0.29, 0.717) is 19.0 Å².